The number of rotatable bonds is 4. The minimum Gasteiger partial charge on any atom is -0.246 e. The van der Waals surface area contributed by atoms with Crippen LogP contribution in [-0.4, -0.2) is 15.0 Å². The monoisotopic (exact) mass is 741 g/mol. The van der Waals surface area contributed by atoms with Crippen molar-refractivity contribution in [3.63, 3.8) is 0 Å². The summed E-state index contributed by atoms with van der Waals surface area (Å²) in [4.78, 5) is 16.0. The van der Waals surface area contributed by atoms with E-state index < -0.39 is 0 Å². The standard InChI is InChI=1S/C53H31N3S/c1-2-11-32(12-3-1)45-27-24-33-21-22-34-25-28-46(55-51(34)50(33)54-45)38-15-10-14-35(29-38)36-23-26-42-47(31-36)56-52(53-49(42)43-19-8-9-20-48(43)57-53)44-30-37-13-4-5-16-39(37)40-17-6-7-18-41(40)44/h1-31H. The molecule has 12 aromatic rings. The molecule has 0 aliphatic carbocycles. The predicted molar refractivity (Wildman–Crippen MR) is 242 cm³/mol. The fourth-order valence-corrected chi connectivity index (χ4v) is 9.88. The third-order valence-electron chi connectivity index (χ3n) is 11.4. The van der Waals surface area contributed by atoms with Crippen LogP contribution in [0.15, 0.2) is 188 Å². The maximum absolute atomic E-state index is 5.58. The molecule has 264 valence electrons. The predicted octanol–water partition coefficient (Wildman–Crippen LogP) is 14.7. The molecule has 0 aliphatic heterocycles. The van der Waals surface area contributed by atoms with Crippen LogP contribution in [0.1, 0.15) is 0 Å². The van der Waals surface area contributed by atoms with E-state index >= 15 is 0 Å². The van der Waals surface area contributed by atoms with Crippen molar-refractivity contribution in [1.82, 2.24) is 15.0 Å². The van der Waals surface area contributed by atoms with Gasteiger partial charge in [-0.2, -0.15) is 0 Å². The Kier molecular flexibility index (Phi) is 7.10. The Morgan fingerprint density at radius 1 is 0.351 bits per heavy atom. The van der Waals surface area contributed by atoms with Crippen LogP contribution in [0.25, 0.3) is 119 Å². The van der Waals surface area contributed by atoms with Crippen LogP contribution in [0.5, 0.6) is 0 Å². The number of pyridine rings is 3. The van der Waals surface area contributed by atoms with Gasteiger partial charge in [0.05, 0.1) is 38.3 Å². The van der Waals surface area contributed by atoms with Crippen molar-refractivity contribution in [2.45, 2.75) is 0 Å². The number of hydrogen-bond donors (Lipinski definition) is 0. The molecule has 0 amide bonds. The van der Waals surface area contributed by atoms with Gasteiger partial charge in [-0.15, -0.1) is 11.3 Å². The van der Waals surface area contributed by atoms with E-state index in [1.165, 1.54) is 47.1 Å². The van der Waals surface area contributed by atoms with Gasteiger partial charge in [-0.3, -0.25) is 0 Å². The molecule has 0 saturated heterocycles. The summed E-state index contributed by atoms with van der Waals surface area (Å²) in [5, 5.41) is 10.8. The van der Waals surface area contributed by atoms with E-state index in [-0.39, 0.29) is 0 Å². The quantitative estimate of drug-likeness (QED) is 0.169. The Labute approximate surface area is 332 Å². The lowest BCUT2D eigenvalue weighted by Gasteiger charge is -2.13. The van der Waals surface area contributed by atoms with Crippen molar-refractivity contribution in [2.24, 2.45) is 0 Å². The molecule has 0 N–H and O–H groups in total. The average molecular weight is 742 g/mol. The normalized spacial score (nSPS) is 11.9. The molecule has 8 aromatic carbocycles. The van der Waals surface area contributed by atoms with Gasteiger partial charge < -0.3 is 0 Å². The van der Waals surface area contributed by atoms with Crippen molar-refractivity contribution in [1.29, 1.82) is 0 Å². The highest BCUT2D eigenvalue weighted by Gasteiger charge is 2.19. The number of hydrogen-bond acceptors (Lipinski definition) is 4. The summed E-state index contributed by atoms with van der Waals surface area (Å²) in [6.07, 6.45) is 0. The van der Waals surface area contributed by atoms with Crippen LogP contribution in [0.2, 0.25) is 0 Å². The summed E-state index contributed by atoms with van der Waals surface area (Å²) in [5.74, 6) is 0. The molecule has 0 bridgehead atoms. The molecule has 57 heavy (non-hydrogen) atoms. The van der Waals surface area contributed by atoms with E-state index in [1.54, 1.807) is 0 Å². The lowest BCUT2D eigenvalue weighted by Crippen LogP contribution is -1.92. The maximum atomic E-state index is 5.58. The molecule has 0 saturated carbocycles. The minimum atomic E-state index is 0.906. The van der Waals surface area contributed by atoms with Crippen LogP contribution >= 0.6 is 11.3 Å². The number of aromatic nitrogens is 3. The van der Waals surface area contributed by atoms with Crippen molar-refractivity contribution < 1.29 is 0 Å². The Hall–Kier alpha value is -7.27. The van der Waals surface area contributed by atoms with Crippen LogP contribution in [-0.2, 0) is 0 Å². The third-order valence-corrected chi connectivity index (χ3v) is 12.6. The molecule has 4 aromatic heterocycles. The van der Waals surface area contributed by atoms with Gasteiger partial charge in [-0.05, 0) is 69.1 Å². The molecule has 0 aliphatic rings. The molecule has 0 radical (unpaired) electrons. The molecule has 4 heteroatoms. The molecule has 0 fully saturated rings. The fraction of sp³-hybridized carbons (Fsp3) is 0. The van der Waals surface area contributed by atoms with Crippen LogP contribution in [0.3, 0.4) is 0 Å². The Balaban J connectivity index is 1.03. The lowest BCUT2D eigenvalue weighted by atomic mass is 9.94. The molecule has 0 atom stereocenters. The van der Waals surface area contributed by atoms with Gasteiger partial charge in [0.15, 0.2) is 0 Å². The number of benzene rings is 8. The molecular weight excluding hydrogens is 711 g/mol. The van der Waals surface area contributed by atoms with E-state index in [2.05, 4.69) is 182 Å². The summed E-state index contributed by atoms with van der Waals surface area (Å²) in [5.41, 5.74) is 11.2. The van der Waals surface area contributed by atoms with E-state index in [9.17, 15) is 0 Å². The highest BCUT2D eigenvalue weighted by Crippen LogP contribution is 2.46. The first-order valence-corrected chi connectivity index (χ1v) is 20.1. The number of nitrogens with zero attached hydrogens (tertiary/aromatic N) is 3. The van der Waals surface area contributed by atoms with Gasteiger partial charge in [0, 0.05) is 48.3 Å². The lowest BCUT2D eigenvalue weighted by molar-refractivity contribution is 1.36. The summed E-state index contributed by atoms with van der Waals surface area (Å²) in [6, 6.07) is 67.2. The molecule has 12 rings (SSSR count). The van der Waals surface area contributed by atoms with E-state index in [4.69, 9.17) is 15.0 Å². The average Bonchev–Trinajstić information content (AvgIpc) is 3.68. The summed E-state index contributed by atoms with van der Waals surface area (Å²) >= 11 is 1.84. The molecule has 0 unspecified atom stereocenters. The second-order valence-electron chi connectivity index (χ2n) is 14.7. The highest BCUT2D eigenvalue weighted by atomic mass is 32.1. The number of fused-ring (bicyclic) bond motifs is 11. The first kappa shape index (κ1) is 32.0. The Morgan fingerprint density at radius 2 is 0.965 bits per heavy atom. The summed E-state index contributed by atoms with van der Waals surface area (Å²) in [6.45, 7) is 0. The second kappa shape index (κ2) is 12.6. The summed E-state index contributed by atoms with van der Waals surface area (Å²) < 4.78 is 2.49. The van der Waals surface area contributed by atoms with Crippen molar-refractivity contribution in [3.8, 4) is 44.9 Å². The zero-order valence-electron chi connectivity index (χ0n) is 30.6. The van der Waals surface area contributed by atoms with E-state index in [0.29, 0.717) is 0 Å². The third kappa shape index (κ3) is 5.15. The SMILES string of the molecule is c1ccc(-c2ccc3ccc4ccc(-c5cccc(-c6ccc7c(c6)nc(-c6cc8ccccc8c8ccccc68)c6sc8ccccc8c67)c5)nc4c3n2)cc1. The maximum Gasteiger partial charge on any atom is 0.0972 e. The highest BCUT2D eigenvalue weighted by molar-refractivity contribution is 7.26. The van der Waals surface area contributed by atoms with Gasteiger partial charge in [0.25, 0.3) is 0 Å². The Bertz CT molecular complexity index is 3590. The largest absolute Gasteiger partial charge is 0.246 e. The van der Waals surface area contributed by atoms with Crippen molar-refractivity contribution in [2.75, 3.05) is 0 Å². The van der Waals surface area contributed by atoms with Gasteiger partial charge in [0.2, 0.25) is 0 Å². The topological polar surface area (TPSA) is 38.7 Å². The number of thiophene rings is 1. The minimum absolute atomic E-state index is 0.906. The van der Waals surface area contributed by atoms with Gasteiger partial charge in [-0.25, -0.2) is 15.0 Å². The van der Waals surface area contributed by atoms with Crippen LogP contribution in [0.4, 0.5) is 0 Å². The fourth-order valence-electron chi connectivity index (χ4n) is 8.65. The van der Waals surface area contributed by atoms with Gasteiger partial charge in [-0.1, -0.05) is 152 Å². The second-order valence-corrected chi connectivity index (χ2v) is 15.8. The summed E-state index contributed by atoms with van der Waals surface area (Å²) in [7, 11) is 0. The first-order valence-electron chi connectivity index (χ1n) is 19.3. The molecule has 4 heterocycles. The van der Waals surface area contributed by atoms with Crippen molar-refractivity contribution in [3.05, 3.63) is 188 Å². The molecular formula is C53H31N3S. The van der Waals surface area contributed by atoms with Gasteiger partial charge >= 0.3 is 0 Å². The van der Waals surface area contributed by atoms with E-state index in [0.717, 1.165) is 72.2 Å². The Morgan fingerprint density at radius 3 is 1.77 bits per heavy atom. The zero-order chi connectivity index (χ0) is 37.5. The zero-order valence-corrected chi connectivity index (χ0v) is 31.5. The first-order chi connectivity index (χ1) is 28.2. The van der Waals surface area contributed by atoms with Crippen LogP contribution in [0, 0.1) is 0 Å². The van der Waals surface area contributed by atoms with Crippen LogP contribution < -0.4 is 0 Å². The molecule has 3 nitrogen and oxygen atoms in total. The van der Waals surface area contributed by atoms with Crippen molar-refractivity contribution >= 4 is 85.8 Å². The van der Waals surface area contributed by atoms with Gasteiger partial charge in [0.1, 0.15) is 0 Å². The smallest absolute Gasteiger partial charge is 0.0972 e. The van der Waals surface area contributed by atoms with E-state index in [1.807, 2.05) is 17.4 Å². The molecule has 0 spiro atoms.